The van der Waals surface area contributed by atoms with Gasteiger partial charge in [0.1, 0.15) is 5.82 Å². The average molecular weight is 482 g/mol. The van der Waals surface area contributed by atoms with E-state index < -0.39 is 0 Å². The zero-order valence-electron chi connectivity index (χ0n) is 20.6. The molecule has 0 radical (unpaired) electrons. The highest BCUT2D eigenvalue weighted by molar-refractivity contribution is 7.98. The molecule has 1 aromatic carbocycles. The molecule has 2 heterocycles. The Hall–Kier alpha value is -2.61. The number of nitrogens with one attached hydrogen (secondary N) is 1. The van der Waals surface area contributed by atoms with E-state index in [2.05, 4.69) is 37.1 Å². The van der Waals surface area contributed by atoms with Gasteiger partial charge in [-0.2, -0.15) is 0 Å². The maximum Gasteiger partial charge on any atom is 0.251 e. The summed E-state index contributed by atoms with van der Waals surface area (Å²) in [5.74, 6) is 2.46. The van der Waals surface area contributed by atoms with Gasteiger partial charge in [-0.3, -0.25) is 9.59 Å². The highest BCUT2D eigenvalue weighted by atomic mass is 32.2. The summed E-state index contributed by atoms with van der Waals surface area (Å²) >= 11 is 1.61. The van der Waals surface area contributed by atoms with Crippen LogP contribution in [0.3, 0.4) is 0 Å². The minimum Gasteiger partial charge on any atom is -0.353 e. The molecule has 2 amide bonds. The Morgan fingerprint density at radius 1 is 1.06 bits per heavy atom. The van der Waals surface area contributed by atoms with Crippen molar-refractivity contribution in [2.24, 2.45) is 5.92 Å². The molecule has 0 atom stereocenters. The van der Waals surface area contributed by atoms with Gasteiger partial charge in [-0.25, -0.2) is 9.97 Å². The number of thioether (sulfide) groups is 1. The minimum atomic E-state index is -0.0936. The van der Waals surface area contributed by atoms with E-state index in [1.807, 2.05) is 29.2 Å². The second kappa shape index (κ2) is 10.3. The molecule has 0 spiro atoms. The lowest BCUT2D eigenvalue weighted by Gasteiger charge is -2.35. The largest absolute Gasteiger partial charge is 0.353 e. The fourth-order valence-electron chi connectivity index (χ4n) is 3.84. The summed E-state index contributed by atoms with van der Waals surface area (Å²) in [6.45, 7) is 11.9. The van der Waals surface area contributed by atoms with Crippen molar-refractivity contribution in [2.75, 3.05) is 37.6 Å². The van der Waals surface area contributed by atoms with Gasteiger partial charge in [-0.15, -0.1) is 0 Å². The molecule has 1 aliphatic heterocycles. The van der Waals surface area contributed by atoms with Crippen LogP contribution in [0.15, 0.2) is 35.5 Å². The number of aromatic nitrogens is 2. The summed E-state index contributed by atoms with van der Waals surface area (Å²) in [6, 6.07) is 9.89. The number of hydrogen-bond acceptors (Lipinski definition) is 6. The zero-order valence-corrected chi connectivity index (χ0v) is 21.5. The van der Waals surface area contributed by atoms with E-state index in [0.29, 0.717) is 24.6 Å². The van der Waals surface area contributed by atoms with Crippen molar-refractivity contribution in [1.29, 1.82) is 0 Å². The monoisotopic (exact) mass is 481 g/mol. The molecule has 2 fully saturated rings. The molecule has 0 unspecified atom stereocenters. The van der Waals surface area contributed by atoms with Gasteiger partial charge in [0, 0.05) is 62.4 Å². The van der Waals surface area contributed by atoms with Crippen LogP contribution in [0.2, 0.25) is 0 Å². The third kappa shape index (κ3) is 6.50. The average Bonchev–Trinajstić information content (AvgIpc) is 3.65. The molecular weight excluding hydrogens is 446 g/mol. The first-order chi connectivity index (χ1) is 16.2. The Morgan fingerprint density at radius 3 is 2.32 bits per heavy atom. The number of benzene rings is 1. The van der Waals surface area contributed by atoms with Gasteiger partial charge in [-0.1, -0.05) is 44.7 Å². The first-order valence-electron chi connectivity index (χ1n) is 12.1. The van der Waals surface area contributed by atoms with E-state index in [1.165, 1.54) is 12.8 Å². The molecule has 1 N–H and O–H groups in total. The molecule has 182 valence electrons. The Morgan fingerprint density at radius 2 is 1.74 bits per heavy atom. The van der Waals surface area contributed by atoms with Crippen LogP contribution in [0.25, 0.3) is 0 Å². The number of piperazine rings is 1. The van der Waals surface area contributed by atoms with E-state index in [0.717, 1.165) is 47.6 Å². The zero-order chi connectivity index (χ0) is 24.3. The van der Waals surface area contributed by atoms with Crippen LogP contribution >= 0.6 is 11.8 Å². The molecule has 34 heavy (non-hydrogen) atoms. The predicted octanol–water partition coefficient (Wildman–Crippen LogP) is 3.87. The lowest BCUT2D eigenvalue weighted by atomic mass is 9.92. The van der Waals surface area contributed by atoms with Crippen LogP contribution in [-0.2, 0) is 16.0 Å². The van der Waals surface area contributed by atoms with Gasteiger partial charge in [0.25, 0.3) is 5.91 Å². The second-order valence-electron chi connectivity index (χ2n) is 10.3. The molecule has 1 saturated carbocycles. The van der Waals surface area contributed by atoms with Crippen LogP contribution < -0.4 is 10.2 Å². The van der Waals surface area contributed by atoms with E-state index in [-0.39, 0.29) is 17.2 Å². The van der Waals surface area contributed by atoms with Crippen molar-refractivity contribution < 1.29 is 9.59 Å². The van der Waals surface area contributed by atoms with Crippen LogP contribution in [0.4, 0.5) is 5.82 Å². The quantitative estimate of drug-likeness (QED) is 0.478. The first kappa shape index (κ1) is 24.5. The highest BCUT2D eigenvalue weighted by Crippen LogP contribution is 2.29. The number of hydrogen-bond donors (Lipinski definition) is 1. The molecule has 1 aromatic heterocycles. The van der Waals surface area contributed by atoms with Crippen molar-refractivity contribution in [3.8, 4) is 0 Å². The van der Waals surface area contributed by atoms with Gasteiger partial charge in [0.15, 0.2) is 5.16 Å². The topological polar surface area (TPSA) is 78.4 Å². The van der Waals surface area contributed by atoms with Crippen LogP contribution in [0.1, 0.15) is 62.2 Å². The summed E-state index contributed by atoms with van der Waals surface area (Å²) in [4.78, 5) is 37.8. The number of anilines is 1. The van der Waals surface area contributed by atoms with Gasteiger partial charge in [0.05, 0.1) is 5.69 Å². The number of carbonyl (C=O) groups excluding carboxylic acids is 2. The van der Waals surface area contributed by atoms with Gasteiger partial charge in [0.2, 0.25) is 5.91 Å². The van der Waals surface area contributed by atoms with Crippen molar-refractivity contribution in [3.63, 3.8) is 0 Å². The van der Waals surface area contributed by atoms with Crippen LogP contribution in [0.5, 0.6) is 0 Å². The second-order valence-corrected chi connectivity index (χ2v) is 11.2. The minimum absolute atomic E-state index is 0.00169. The molecule has 0 bridgehead atoms. The van der Waals surface area contributed by atoms with E-state index in [1.54, 1.807) is 18.7 Å². The molecule has 1 saturated heterocycles. The molecule has 2 aromatic rings. The maximum atomic E-state index is 12.3. The summed E-state index contributed by atoms with van der Waals surface area (Å²) < 4.78 is 0. The number of amides is 2. The Bertz CT molecular complexity index is 1020. The Labute approximate surface area is 206 Å². The number of rotatable bonds is 7. The molecule has 7 nitrogen and oxygen atoms in total. The number of nitrogens with zero attached hydrogens (tertiary/aromatic N) is 4. The third-order valence-electron chi connectivity index (χ3n) is 6.34. The van der Waals surface area contributed by atoms with Crippen molar-refractivity contribution in [3.05, 3.63) is 47.2 Å². The van der Waals surface area contributed by atoms with E-state index >= 15 is 0 Å². The number of carbonyl (C=O) groups is 2. The molecular formula is C26H35N5O2S. The summed E-state index contributed by atoms with van der Waals surface area (Å²) in [5, 5.41) is 3.77. The predicted molar refractivity (Wildman–Crippen MR) is 136 cm³/mol. The molecule has 2 aliphatic rings. The van der Waals surface area contributed by atoms with Crippen molar-refractivity contribution >= 4 is 29.4 Å². The molecule has 8 heteroatoms. The fourth-order valence-corrected chi connectivity index (χ4v) is 4.64. The van der Waals surface area contributed by atoms with Gasteiger partial charge < -0.3 is 15.1 Å². The fraction of sp³-hybridized carbons (Fsp3) is 0.538. The first-order valence-corrected chi connectivity index (χ1v) is 13.1. The summed E-state index contributed by atoms with van der Waals surface area (Å²) in [7, 11) is 0. The lowest BCUT2D eigenvalue weighted by Crippen LogP contribution is -2.48. The smallest absolute Gasteiger partial charge is 0.251 e. The molecule has 4 rings (SSSR count). The van der Waals surface area contributed by atoms with Crippen molar-refractivity contribution in [1.82, 2.24) is 20.2 Å². The van der Waals surface area contributed by atoms with E-state index in [9.17, 15) is 9.59 Å². The third-order valence-corrected chi connectivity index (χ3v) is 7.26. The normalized spacial score (nSPS) is 16.5. The Balaban J connectivity index is 1.42. The molecule has 1 aliphatic carbocycles. The summed E-state index contributed by atoms with van der Waals surface area (Å²) in [6.07, 6.45) is 2.45. The van der Waals surface area contributed by atoms with E-state index in [4.69, 9.17) is 9.97 Å². The van der Waals surface area contributed by atoms with Gasteiger partial charge in [-0.05, 0) is 36.5 Å². The van der Waals surface area contributed by atoms with Crippen LogP contribution in [-0.4, -0.2) is 59.4 Å². The summed E-state index contributed by atoms with van der Waals surface area (Å²) in [5.41, 5.74) is 2.75. The van der Waals surface area contributed by atoms with Gasteiger partial charge >= 0.3 is 0 Å². The maximum absolute atomic E-state index is 12.3. The SMILES string of the molecule is CC(=O)N1CCN(c2cc(C(C)(C)C)nc(SCc3ccc(C(=O)NCC4CC4)cc3)n2)CC1. The van der Waals surface area contributed by atoms with Crippen LogP contribution in [0, 0.1) is 5.92 Å². The highest BCUT2D eigenvalue weighted by Gasteiger charge is 2.24. The van der Waals surface area contributed by atoms with Crippen molar-refractivity contribution in [2.45, 2.75) is 56.9 Å². The lowest BCUT2D eigenvalue weighted by molar-refractivity contribution is -0.129. The standard InChI is InChI=1S/C26H35N5O2S/c1-18(32)30-11-13-31(14-12-30)23-15-22(26(2,3)4)28-25(29-23)34-17-20-7-9-21(10-8-20)24(33)27-16-19-5-6-19/h7-10,15,19H,5-6,11-14,16-17H2,1-4H3,(H,27,33). The Kier molecular flexibility index (Phi) is 7.45.